The Labute approximate surface area is 201 Å². The second kappa shape index (κ2) is 11.5. The van der Waals surface area contributed by atoms with Gasteiger partial charge in [0, 0.05) is 25.7 Å². The van der Waals surface area contributed by atoms with E-state index in [0.717, 1.165) is 23.5 Å². The number of thiazole rings is 1. The summed E-state index contributed by atoms with van der Waals surface area (Å²) >= 11 is 0.911. The van der Waals surface area contributed by atoms with Gasteiger partial charge in [-0.15, -0.1) is 0 Å². The van der Waals surface area contributed by atoms with Gasteiger partial charge in [-0.25, -0.2) is 26.5 Å². The van der Waals surface area contributed by atoms with E-state index in [1.807, 2.05) is 0 Å². The first-order valence-corrected chi connectivity index (χ1v) is 13.4. The predicted octanol–water partition coefficient (Wildman–Crippen LogP) is 1.80. The molecule has 0 aliphatic carbocycles. The number of hydrogen-bond acceptors (Lipinski definition) is 9. The van der Waals surface area contributed by atoms with Crippen LogP contribution in [-0.2, 0) is 10.0 Å². The molecule has 1 aliphatic rings. The van der Waals surface area contributed by atoms with Gasteiger partial charge in [-0.05, 0) is 44.9 Å². The summed E-state index contributed by atoms with van der Waals surface area (Å²) in [6, 6.07) is 3.09. The summed E-state index contributed by atoms with van der Waals surface area (Å²) in [5, 5.41) is 15.7. The number of anilines is 2. The minimum atomic E-state index is -3.38. The second-order valence-electron chi connectivity index (χ2n) is 8.20. The van der Waals surface area contributed by atoms with Crippen molar-refractivity contribution >= 4 is 38.1 Å². The highest BCUT2D eigenvalue weighted by Crippen LogP contribution is 2.30. The number of nitrogen functional groups attached to an aromatic ring is 1. The van der Waals surface area contributed by atoms with Gasteiger partial charge in [-0.2, -0.15) is 0 Å². The number of carbonyl (C=O) groups excluding carboxylic acids is 1. The van der Waals surface area contributed by atoms with Gasteiger partial charge in [0.2, 0.25) is 15.8 Å². The molecule has 1 unspecified atom stereocenters. The number of halogens is 2. The number of aliphatic hydroxyl groups is 1. The van der Waals surface area contributed by atoms with Crippen LogP contribution in [0, 0.1) is 11.6 Å². The molecule has 5 N–H and O–H groups in total. The van der Waals surface area contributed by atoms with E-state index in [1.165, 1.54) is 10.4 Å². The number of nitrogens with two attached hydrogens (primary N) is 1. The molecule has 1 aromatic carbocycles. The number of carbonyl (C=O) groups is 1. The molecule has 0 radical (unpaired) electrons. The number of hydrogen-bond donors (Lipinski definition) is 4. The molecular weight excluding hydrogens is 488 g/mol. The van der Waals surface area contributed by atoms with Crippen LogP contribution in [0.25, 0.3) is 0 Å². The van der Waals surface area contributed by atoms with E-state index < -0.39 is 39.1 Å². The normalized spacial score (nSPS) is 16.5. The second-order valence-corrected chi connectivity index (χ2v) is 11.3. The van der Waals surface area contributed by atoms with Gasteiger partial charge < -0.3 is 21.5 Å². The number of nitrogens with zero attached hydrogens (tertiary/aromatic N) is 2. The molecule has 1 atom stereocenters. The number of aliphatic hydroxyl groups excluding tert-OH is 1. The maximum atomic E-state index is 14.0. The molecule has 1 aromatic heterocycles. The van der Waals surface area contributed by atoms with E-state index in [-0.39, 0.29) is 22.5 Å². The zero-order chi connectivity index (χ0) is 24.9. The quantitative estimate of drug-likeness (QED) is 0.262. The summed E-state index contributed by atoms with van der Waals surface area (Å²) < 4.78 is 54.5. The zero-order valence-corrected chi connectivity index (χ0v) is 20.4. The molecule has 1 aliphatic heterocycles. The predicted molar refractivity (Wildman–Crippen MR) is 127 cm³/mol. The summed E-state index contributed by atoms with van der Waals surface area (Å²) in [7, 11) is -3.38. The highest BCUT2D eigenvalue weighted by molar-refractivity contribution is 7.89. The average Bonchev–Trinajstić information content (AvgIpc) is 3.13. The van der Waals surface area contributed by atoms with E-state index in [4.69, 9.17) is 5.73 Å². The lowest BCUT2D eigenvalue weighted by Crippen LogP contribution is -2.43. The van der Waals surface area contributed by atoms with Gasteiger partial charge in [0.25, 0.3) is 0 Å². The Kier molecular flexibility index (Phi) is 8.93. The van der Waals surface area contributed by atoms with Crippen molar-refractivity contribution in [2.75, 3.05) is 43.0 Å². The average molecular weight is 518 g/mol. The number of benzene rings is 1. The van der Waals surface area contributed by atoms with Gasteiger partial charge in [-0.3, -0.25) is 4.79 Å². The molecule has 188 valence electrons. The first-order valence-electron chi connectivity index (χ1n) is 11.0. The molecule has 0 saturated carbocycles. The van der Waals surface area contributed by atoms with Crippen LogP contribution in [0.1, 0.15) is 41.4 Å². The molecule has 0 spiro atoms. The molecular formula is C21H29F2N5O4S2. The fraction of sp³-hybridized carbons (Fsp3) is 0.524. The first-order chi connectivity index (χ1) is 16.1. The van der Waals surface area contributed by atoms with Crippen LogP contribution in [0.4, 0.5) is 19.7 Å². The maximum Gasteiger partial charge on any atom is 0.214 e. The largest absolute Gasteiger partial charge is 0.392 e. The Morgan fingerprint density at radius 2 is 1.97 bits per heavy atom. The Bertz CT molecular complexity index is 1080. The molecule has 1 saturated heterocycles. The van der Waals surface area contributed by atoms with Crippen molar-refractivity contribution < 1.29 is 27.1 Å². The fourth-order valence-corrected chi connectivity index (χ4v) is 6.10. The van der Waals surface area contributed by atoms with Gasteiger partial charge in [0.1, 0.15) is 22.3 Å². The molecule has 3 rings (SSSR count). The Hall–Kier alpha value is -2.19. The van der Waals surface area contributed by atoms with Crippen LogP contribution in [-0.4, -0.2) is 72.7 Å². The minimum absolute atomic E-state index is 0.0268. The number of aromatic nitrogens is 1. The molecule has 2 heterocycles. The lowest BCUT2D eigenvalue weighted by molar-refractivity contribution is 0.103. The molecule has 34 heavy (non-hydrogen) atoms. The van der Waals surface area contributed by atoms with Crippen molar-refractivity contribution in [2.45, 2.75) is 38.3 Å². The summed E-state index contributed by atoms with van der Waals surface area (Å²) in [6.07, 6.45) is 1.03. The van der Waals surface area contributed by atoms with E-state index in [0.29, 0.717) is 50.6 Å². The molecule has 1 fully saturated rings. The zero-order valence-electron chi connectivity index (χ0n) is 18.8. The lowest BCUT2D eigenvalue weighted by atomic mass is 10.1. The number of rotatable bonds is 11. The van der Waals surface area contributed by atoms with Crippen LogP contribution in [0.3, 0.4) is 0 Å². The first kappa shape index (κ1) is 26.4. The summed E-state index contributed by atoms with van der Waals surface area (Å²) in [5.41, 5.74) is 5.16. The van der Waals surface area contributed by atoms with Crippen molar-refractivity contribution in [1.82, 2.24) is 14.6 Å². The summed E-state index contributed by atoms with van der Waals surface area (Å²) in [5.74, 6) is -2.91. The van der Waals surface area contributed by atoms with Crippen LogP contribution >= 0.6 is 11.3 Å². The van der Waals surface area contributed by atoms with E-state index in [2.05, 4.69) is 15.6 Å². The van der Waals surface area contributed by atoms with Crippen molar-refractivity contribution in [3.63, 3.8) is 0 Å². The maximum absolute atomic E-state index is 14.0. The minimum Gasteiger partial charge on any atom is -0.392 e. The third kappa shape index (κ3) is 6.69. The van der Waals surface area contributed by atoms with Gasteiger partial charge in [0.15, 0.2) is 5.13 Å². The van der Waals surface area contributed by atoms with Crippen LogP contribution < -0.4 is 16.4 Å². The van der Waals surface area contributed by atoms with Gasteiger partial charge in [-0.1, -0.05) is 17.4 Å². The summed E-state index contributed by atoms with van der Waals surface area (Å²) in [4.78, 5) is 16.7. The third-order valence-electron chi connectivity index (χ3n) is 5.42. The lowest BCUT2D eigenvalue weighted by Gasteiger charge is -2.31. The van der Waals surface area contributed by atoms with E-state index >= 15 is 0 Å². The number of ketones is 1. The van der Waals surface area contributed by atoms with E-state index in [9.17, 15) is 27.1 Å². The topological polar surface area (TPSA) is 138 Å². The fourth-order valence-electron chi connectivity index (χ4n) is 3.66. The summed E-state index contributed by atoms with van der Waals surface area (Å²) in [6.45, 7) is 3.26. The van der Waals surface area contributed by atoms with Gasteiger partial charge in [0.05, 0.1) is 17.4 Å². The van der Waals surface area contributed by atoms with Crippen molar-refractivity contribution in [3.05, 3.63) is 40.3 Å². The van der Waals surface area contributed by atoms with Crippen LogP contribution in [0.15, 0.2) is 18.2 Å². The SMILES string of the molecule is CC(O)CNCCCS(=O)(=O)N1CCC(Nc2nc(N)c(C(=O)c3c(F)cccc3F)s2)CC1. The van der Waals surface area contributed by atoms with Crippen LogP contribution in [0.2, 0.25) is 0 Å². The molecule has 9 nitrogen and oxygen atoms in total. The van der Waals surface area contributed by atoms with E-state index in [1.54, 1.807) is 6.92 Å². The Morgan fingerprint density at radius 1 is 1.32 bits per heavy atom. The molecule has 0 amide bonds. The van der Waals surface area contributed by atoms with Crippen molar-refractivity contribution in [3.8, 4) is 0 Å². The van der Waals surface area contributed by atoms with Crippen molar-refractivity contribution in [1.29, 1.82) is 0 Å². The molecule has 2 aromatic rings. The standard InChI is InChI=1S/C21H29F2N5O4S2/c1-13(29)12-25-8-3-11-34(31,32)28-9-6-14(7-10-28)26-21-27-20(24)19(33-21)18(30)17-15(22)4-2-5-16(17)23/h2,4-5,13-14,25,29H,3,6-12,24H2,1H3,(H,26,27). The number of nitrogens with one attached hydrogen (secondary N) is 2. The number of sulfonamides is 1. The molecule has 0 bridgehead atoms. The van der Waals surface area contributed by atoms with Crippen molar-refractivity contribution in [2.24, 2.45) is 0 Å². The smallest absolute Gasteiger partial charge is 0.214 e. The third-order valence-corrected chi connectivity index (χ3v) is 8.38. The number of piperidine rings is 1. The van der Waals surface area contributed by atoms with Crippen LogP contribution in [0.5, 0.6) is 0 Å². The Morgan fingerprint density at radius 3 is 2.59 bits per heavy atom. The Balaban J connectivity index is 1.53. The molecule has 13 heteroatoms. The monoisotopic (exact) mass is 517 g/mol. The van der Waals surface area contributed by atoms with Gasteiger partial charge >= 0.3 is 0 Å². The highest BCUT2D eigenvalue weighted by atomic mass is 32.2. The highest BCUT2D eigenvalue weighted by Gasteiger charge is 2.29.